The average Bonchev–Trinajstić information content (AvgIpc) is 3.37. The van der Waals surface area contributed by atoms with Crippen LogP contribution in [0.1, 0.15) is 21.9 Å². The molecule has 2 heterocycles. The van der Waals surface area contributed by atoms with Gasteiger partial charge in [-0.25, -0.2) is 0 Å². The molecule has 3 aromatic rings. The minimum Gasteiger partial charge on any atom is -0.488 e. The molecule has 1 aliphatic rings. The van der Waals surface area contributed by atoms with Gasteiger partial charge in [0.25, 0.3) is 5.91 Å². The summed E-state index contributed by atoms with van der Waals surface area (Å²) in [5.41, 5.74) is 2.24. The molecule has 4 rings (SSSR count). The molecule has 168 valence electrons. The lowest BCUT2D eigenvalue weighted by Gasteiger charge is -2.11. The van der Waals surface area contributed by atoms with Crippen LogP contribution in [0.4, 0.5) is 13.2 Å². The zero-order valence-corrected chi connectivity index (χ0v) is 17.1. The summed E-state index contributed by atoms with van der Waals surface area (Å²) in [4.78, 5) is 12.3. The molecule has 9 heteroatoms. The topological polar surface area (TPSA) is 69.9 Å². The third kappa shape index (κ3) is 5.23. The number of nitrogens with one attached hydrogen (secondary N) is 1. The molecule has 32 heavy (non-hydrogen) atoms. The SMILES string of the molecule is COCc1ccc(C(=O)NC[C@H]2Cc3cc(-c4cccc(OC(F)(F)F)c4)ccc3O2)o1. The van der Waals surface area contributed by atoms with Gasteiger partial charge in [-0.15, -0.1) is 13.2 Å². The highest BCUT2D eigenvalue weighted by Crippen LogP contribution is 2.34. The quantitative estimate of drug-likeness (QED) is 0.567. The molecule has 1 N–H and O–H groups in total. The third-order valence-corrected chi connectivity index (χ3v) is 4.86. The lowest BCUT2D eigenvalue weighted by Crippen LogP contribution is -2.34. The molecule has 0 bridgehead atoms. The summed E-state index contributed by atoms with van der Waals surface area (Å²) in [6.07, 6.45) is -4.46. The second-order valence-corrected chi connectivity index (χ2v) is 7.25. The van der Waals surface area contributed by atoms with E-state index < -0.39 is 6.36 Å². The maximum absolute atomic E-state index is 12.5. The molecule has 0 spiro atoms. The van der Waals surface area contributed by atoms with Gasteiger partial charge in [0.05, 0.1) is 6.54 Å². The fourth-order valence-electron chi connectivity index (χ4n) is 3.50. The lowest BCUT2D eigenvalue weighted by atomic mass is 10.0. The number of carbonyl (C=O) groups excluding carboxylic acids is 1. The molecule has 1 aliphatic heterocycles. The largest absolute Gasteiger partial charge is 0.573 e. The maximum atomic E-state index is 12.5. The van der Waals surface area contributed by atoms with Gasteiger partial charge in [0, 0.05) is 13.5 Å². The fourth-order valence-corrected chi connectivity index (χ4v) is 3.50. The number of halogens is 3. The van der Waals surface area contributed by atoms with Crippen LogP contribution in [0.5, 0.6) is 11.5 Å². The average molecular weight is 447 g/mol. The Bertz CT molecular complexity index is 1110. The van der Waals surface area contributed by atoms with Crippen LogP contribution in [0.3, 0.4) is 0 Å². The van der Waals surface area contributed by atoms with Crippen LogP contribution >= 0.6 is 0 Å². The van der Waals surface area contributed by atoms with E-state index in [9.17, 15) is 18.0 Å². The van der Waals surface area contributed by atoms with Crippen LogP contribution in [0.15, 0.2) is 59.0 Å². The molecule has 1 aromatic heterocycles. The Morgan fingerprint density at radius 2 is 1.94 bits per heavy atom. The van der Waals surface area contributed by atoms with Gasteiger partial charge in [-0.2, -0.15) is 0 Å². The number of rotatable bonds is 7. The zero-order valence-electron chi connectivity index (χ0n) is 17.1. The van der Waals surface area contributed by atoms with Crippen molar-refractivity contribution in [3.8, 4) is 22.6 Å². The summed E-state index contributed by atoms with van der Waals surface area (Å²) in [6, 6.07) is 14.5. The van der Waals surface area contributed by atoms with E-state index in [1.165, 1.54) is 25.3 Å². The van der Waals surface area contributed by atoms with E-state index in [1.807, 2.05) is 6.07 Å². The first-order chi connectivity index (χ1) is 15.3. The highest BCUT2D eigenvalue weighted by Gasteiger charge is 2.31. The van der Waals surface area contributed by atoms with Gasteiger partial charge in [-0.1, -0.05) is 18.2 Å². The first kappa shape index (κ1) is 21.8. The van der Waals surface area contributed by atoms with Gasteiger partial charge in [0.2, 0.25) is 0 Å². The highest BCUT2D eigenvalue weighted by atomic mass is 19.4. The van der Waals surface area contributed by atoms with Crippen molar-refractivity contribution in [3.63, 3.8) is 0 Å². The first-order valence-electron chi connectivity index (χ1n) is 9.82. The van der Waals surface area contributed by atoms with Crippen LogP contribution in [0, 0.1) is 0 Å². The van der Waals surface area contributed by atoms with Gasteiger partial charge in [0.15, 0.2) is 5.76 Å². The van der Waals surface area contributed by atoms with Crippen LogP contribution < -0.4 is 14.8 Å². The van der Waals surface area contributed by atoms with Crippen molar-refractivity contribution in [2.24, 2.45) is 0 Å². The molecule has 0 aliphatic carbocycles. The molecular weight excluding hydrogens is 427 g/mol. The number of alkyl halides is 3. The van der Waals surface area contributed by atoms with Gasteiger partial charge >= 0.3 is 6.36 Å². The molecule has 0 saturated heterocycles. The second-order valence-electron chi connectivity index (χ2n) is 7.25. The Kier molecular flexibility index (Phi) is 6.09. The van der Waals surface area contributed by atoms with E-state index in [0.717, 1.165) is 11.1 Å². The molecule has 2 aromatic carbocycles. The minimum atomic E-state index is -4.75. The van der Waals surface area contributed by atoms with Crippen LogP contribution in [0.25, 0.3) is 11.1 Å². The van der Waals surface area contributed by atoms with Crippen molar-refractivity contribution < 1.29 is 36.6 Å². The normalized spacial score (nSPS) is 15.2. The van der Waals surface area contributed by atoms with Crippen LogP contribution in [-0.2, 0) is 17.8 Å². The summed E-state index contributed by atoms with van der Waals surface area (Å²) in [6.45, 7) is 0.556. The lowest BCUT2D eigenvalue weighted by molar-refractivity contribution is -0.274. The molecule has 0 fully saturated rings. The fraction of sp³-hybridized carbons (Fsp3) is 0.261. The molecule has 0 saturated carbocycles. The van der Waals surface area contributed by atoms with E-state index in [2.05, 4.69) is 10.1 Å². The van der Waals surface area contributed by atoms with Crippen molar-refractivity contribution in [2.45, 2.75) is 25.5 Å². The van der Waals surface area contributed by atoms with Crippen molar-refractivity contribution in [1.29, 1.82) is 0 Å². The molecule has 1 amide bonds. The number of fused-ring (bicyclic) bond motifs is 1. The number of carbonyl (C=O) groups is 1. The van der Waals surface area contributed by atoms with E-state index in [-0.39, 0.29) is 36.7 Å². The number of benzene rings is 2. The van der Waals surface area contributed by atoms with Crippen molar-refractivity contribution >= 4 is 5.91 Å². The maximum Gasteiger partial charge on any atom is 0.573 e. The molecule has 1 atom stereocenters. The molecular formula is C23H20F3NO5. The standard InChI is InChI=1S/C23H20F3NO5/c1-29-13-18-6-8-21(30-18)22(28)27-12-19-11-16-9-15(5-7-20(16)31-19)14-3-2-4-17(10-14)32-23(24,25)26/h2-10,19H,11-13H2,1H3,(H,27,28)/t19-/m1/s1. The summed E-state index contributed by atoms with van der Waals surface area (Å²) in [7, 11) is 1.54. The Morgan fingerprint density at radius 1 is 1.12 bits per heavy atom. The Morgan fingerprint density at radius 3 is 2.72 bits per heavy atom. The van der Waals surface area contributed by atoms with Crippen molar-refractivity contribution in [1.82, 2.24) is 5.32 Å². The Balaban J connectivity index is 1.38. The number of amides is 1. The number of ether oxygens (including phenoxy) is 3. The van der Waals surface area contributed by atoms with Gasteiger partial charge in [-0.05, 0) is 53.1 Å². The molecule has 0 unspecified atom stereocenters. The summed E-state index contributed by atoms with van der Waals surface area (Å²) in [5.74, 6) is 0.791. The Labute approximate surface area is 181 Å². The Hall–Kier alpha value is -3.46. The van der Waals surface area contributed by atoms with E-state index in [0.29, 0.717) is 23.5 Å². The predicted molar refractivity (Wildman–Crippen MR) is 108 cm³/mol. The van der Waals surface area contributed by atoms with Crippen LogP contribution in [0.2, 0.25) is 0 Å². The van der Waals surface area contributed by atoms with Crippen LogP contribution in [-0.4, -0.2) is 32.0 Å². The highest BCUT2D eigenvalue weighted by molar-refractivity contribution is 5.91. The number of hydrogen-bond acceptors (Lipinski definition) is 5. The molecule has 6 nitrogen and oxygen atoms in total. The van der Waals surface area contributed by atoms with Gasteiger partial charge in [0.1, 0.15) is 30.0 Å². The zero-order chi connectivity index (χ0) is 22.7. The van der Waals surface area contributed by atoms with Crippen molar-refractivity contribution in [3.05, 3.63) is 71.7 Å². The van der Waals surface area contributed by atoms with E-state index in [1.54, 1.807) is 30.3 Å². The van der Waals surface area contributed by atoms with Crippen molar-refractivity contribution in [2.75, 3.05) is 13.7 Å². The van der Waals surface area contributed by atoms with Gasteiger partial charge < -0.3 is 23.9 Å². The number of furan rings is 1. The summed E-state index contributed by atoms with van der Waals surface area (Å²) < 4.78 is 57.7. The third-order valence-electron chi connectivity index (χ3n) is 4.86. The predicted octanol–water partition coefficient (Wildman–Crippen LogP) is 4.73. The summed E-state index contributed by atoms with van der Waals surface area (Å²) in [5, 5.41) is 2.79. The number of methoxy groups -OCH3 is 1. The monoisotopic (exact) mass is 447 g/mol. The second kappa shape index (κ2) is 8.96. The van der Waals surface area contributed by atoms with E-state index >= 15 is 0 Å². The number of hydrogen-bond donors (Lipinski definition) is 1. The van der Waals surface area contributed by atoms with E-state index in [4.69, 9.17) is 13.9 Å². The molecule has 0 radical (unpaired) electrons. The minimum absolute atomic E-state index is 0.191. The summed E-state index contributed by atoms with van der Waals surface area (Å²) >= 11 is 0. The smallest absolute Gasteiger partial charge is 0.488 e. The first-order valence-corrected chi connectivity index (χ1v) is 9.82. The van der Waals surface area contributed by atoms with Gasteiger partial charge in [-0.3, -0.25) is 4.79 Å².